The molecule has 0 saturated carbocycles. The number of nitrogens with two attached hydrogens (primary N) is 1. The van der Waals surface area contributed by atoms with Gasteiger partial charge >= 0.3 is 0 Å². The molecule has 0 aromatic heterocycles. The van der Waals surface area contributed by atoms with Crippen LogP contribution in [0.4, 0.5) is 5.69 Å². The lowest BCUT2D eigenvalue weighted by atomic mass is 10.2. The number of hydrogen-bond donors (Lipinski definition) is 1. The molecule has 5 heteroatoms. The molecule has 2 rings (SSSR count). The van der Waals surface area contributed by atoms with Crippen molar-refractivity contribution in [3.05, 3.63) is 24.3 Å². The number of piperazine rings is 1. The van der Waals surface area contributed by atoms with Gasteiger partial charge in [-0.15, -0.1) is 0 Å². The van der Waals surface area contributed by atoms with Gasteiger partial charge in [-0.05, 0) is 30.7 Å². The van der Waals surface area contributed by atoms with Crippen LogP contribution in [0.25, 0.3) is 0 Å². The molecule has 1 atom stereocenters. The summed E-state index contributed by atoms with van der Waals surface area (Å²) in [4.78, 5) is 4.91. The van der Waals surface area contributed by atoms with Crippen LogP contribution in [0.15, 0.2) is 24.3 Å². The Hall–Kier alpha value is -1.30. The zero-order valence-corrected chi connectivity index (χ0v) is 13.1. The molecule has 0 aliphatic carbocycles. The number of ether oxygens (including phenoxy) is 2. The molecule has 2 N–H and O–H groups in total. The van der Waals surface area contributed by atoms with Crippen LogP contribution in [0, 0.1) is 0 Å². The first-order valence-electron chi connectivity index (χ1n) is 7.61. The van der Waals surface area contributed by atoms with E-state index in [1.807, 2.05) is 12.1 Å². The third-order valence-electron chi connectivity index (χ3n) is 4.17. The van der Waals surface area contributed by atoms with Crippen molar-refractivity contribution >= 4 is 5.69 Å². The van der Waals surface area contributed by atoms with Crippen LogP contribution in [0.3, 0.4) is 0 Å². The Morgan fingerprint density at radius 2 is 1.76 bits per heavy atom. The number of benzene rings is 1. The minimum atomic E-state index is 0.185. The Labute approximate surface area is 127 Å². The maximum atomic E-state index is 5.66. The van der Waals surface area contributed by atoms with Gasteiger partial charge in [-0.25, -0.2) is 0 Å². The summed E-state index contributed by atoms with van der Waals surface area (Å²) in [6.07, 6.45) is 1.19. The highest BCUT2D eigenvalue weighted by Gasteiger charge is 2.18. The van der Waals surface area contributed by atoms with E-state index in [9.17, 15) is 0 Å². The molecule has 1 unspecified atom stereocenters. The zero-order valence-electron chi connectivity index (χ0n) is 13.1. The highest BCUT2D eigenvalue weighted by Crippen LogP contribution is 2.20. The van der Waals surface area contributed by atoms with Crippen molar-refractivity contribution < 1.29 is 9.47 Å². The van der Waals surface area contributed by atoms with Gasteiger partial charge < -0.3 is 20.1 Å². The highest BCUT2D eigenvalue weighted by molar-refractivity contribution is 5.49. The number of rotatable bonds is 7. The summed E-state index contributed by atoms with van der Waals surface area (Å²) in [6.45, 7) is 5.97. The molecule has 1 aliphatic rings. The third kappa shape index (κ3) is 4.59. The fourth-order valence-corrected chi connectivity index (χ4v) is 2.68. The number of nitrogens with zero attached hydrogens (tertiary/aromatic N) is 2. The van der Waals surface area contributed by atoms with Crippen molar-refractivity contribution in [2.45, 2.75) is 12.5 Å². The van der Waals surface area contributed by atoms with E-state index >= 15 is 0 Å². The summed E-state index contributed by atoms with van der Waals surface area (Å²) in [5.74, 6) is 0.907. The van der Waals surface area contributed by atoms with E-state index in [1.165, 1.54) is 5.69 Å². The van der Waals surface area contributed by atoms with Crippen LogP contribution in [-0.2, 0) is 4.74 Å². The molecule has 1 fully saturated rings. The molecule has 1 aromatic rings. The van der Waals surface area contributed by atoms with Gasteiger partial charge in [0, 0.05) is 52.1 Å². The molecule has 1 aromatic carbocycles. The topological polar surface area (TPSA) is 51.0 Å². The van der Waals surface area contributed by atoms with E-state index in [1.54, 1.807) is 14.2 Å². The molecule has 5 nitrogen and oxygen atoms in total. The SMILES string of the molecule is COc1ccc(N2CCN(CCC(CN)OC)CC2)cc1. The summed E-state index contributed by atoms with van der Waals surface area (Å²) in [5, 5.41) is 0. The van der Waals surface area contributed by atoms with Crippen LogP contribution >= 0.6 is 0 Å². The van der Waals surface area contributed by atoms with E-state index < -0.39 is 0 Å². The molecular formula is C16H27N3O2. The Kier molecular flexibility index (Phi) is 6.29. The molecule has 0 amide bonds. The first-order valence-corrected chi connectivity index (χ1v) is 7.61. The lowest BCUT2D eigenvalue weighted by Gasteiger charge is -2.36. The summed E-state index contributed by atoms with van der Waals surface area (Å²) in [5.41, 5.74) is 6.93. The lowest BCUT2D eigenvalue weighted by Crippen LogP contribution is -2.47. The number of hydrogen-bond acceptors (Lipinski definition) is 5. The molecule has 1 aliphatic heterocycles. The van der Waals surface area contributed by atoms with Crippen LogP contribution in [0.5, 0.6) is 5.75 Å². The van der Waals surface area contributed by atoms with Gasteiger partial charge in [0.15, 0.2) is 0 Å². The van der Waals surface area contributed by atoms with Crippen molar-refractivity contribution in [3.8, 4) is 5.75 Å². The van der Waals surface area contributed by atoms with E-state index in [4.69, 9.17) is 15.2 Å². The van der Waals surface area contributed by atoms with Gasteiger partial charge in [0.05, 0.1) is 13.2 Å². The standard InChI is InChI=1S/C16H27N3O2/c1-20-15-5-3-14(4-6-15)19-11-9-18(10-12-19)8-7-16(13-17)21-2/h3-6,16H,7-13,17H2,1-2H3. The summed E-state index contributed by atoms with van der Waals surface area (Å²) in [6, 6.07) is 8.30. The minimum Gasteiger partial charge on any atom is -0.497 e. The van der Waals surface area contributed by atoms with E-state index in [-0.39, 0.29) is 6.10 Å². The normalized spacial score (nSPS) is 17.8. The average Bonchev–Trinajstić information content (AvgIpc) is 2.56. The van der Waals surface area contributed by atoms with E-state index in [2.05, 4.69) is 21.9 Å². The van der Waals surface area contributed by atoms with Crippen molar-refractivity contribution in [1.29, 1.82) is 0 Å². The average molecular weight is 293 g/mol. The first-order chi connectivity index (χ1) is 10.3. The number of methoxy groups -OCH3 is 2. The first kappa shape index (κ1) is 16.1. The van der Waals surface area contributed by atoms with Crippen LogP contribution in [0.1, 0.15) is 6.42 Å². The second-order valence-electron chi connectivity index (χ2n) is 5.41. The summed E-state index contributed by atoms with van der Waals surface area (Å²) in [7, 11) is 3.43. The van der Waals surface area contributed by atoms with Crippen molar-refractivity contribution in [1.82, 2.24) is 4.90 Å². The fourth-order valence-electron chi connectivity index (χ4n) is 2.68. The van der Waals surface area contributed by atoms with Crippen molar-refractivity contribution in [3.63, 3.8) is 0 Å². The minimum absolute atomic E-state index is 0.185. The smallest absolute Gasteiger partial charge is 0.119 e. The maximum absolute atomic E-state index is 5.66. The Morgan fingerprint density at radius 3 is 2.29 bits per heavy atom. The lowest BCUT2D eigenvalue weighted by molar-refractivity contribution is 0.0885. The second kappa shape index (κ2) is 8.22. The molecule has 0 bridgehead atoms. The monoisotopic (exact) mass is 293 g/mol. The van der Waals surface area contributed by atoms with Crippen molar-refractivity contribution in [2.24, 2.45) is 5.73 Å². The van der Waals surface area contributed by atoms with Crippen molar-refractivity contribution in [2.75, 3.05) is 58.4 Å². The van der Waals surface area contributed by atoms with E-state index in [0.29, 0.717) is 6.54 Å². The number of anilines is 1. The maximum Gasteiger partial charge on any atom is 0.119 e. The predicted molar refractivity (Wildman–Crippen MR) is 86.1 cm³/mol. The largest absolute Gasteiger partial charge is 0.497 e. The summed E-state index contributed by atoms with van der Waals surface area (Å²) >= 11 is 0. The predicted octanol–water partition coefficient (Wildman–Crippen LogP) is 1.18. The quantitative estimate of drug-likeness (QED) is 0.818. The Morgan fingerprint density at radius 1 is 1.10 bits per heavy atom. The Balaban J connectivity index is 1.77. The third-order valence-corrected chi connectivity index (χ3v) is 4.17. The van der Waals surface area contributed by atoms with Gasteiger partial charge in [-0.3, -0.25) is 4.90 Å². The molecule has 1 heterocycles. The van der Waals surface area contributed by atoms with Crippen LogP contribution in [0.2, 0.25) is 0 Å². The van der Waals surface area contributed by atoms with Crippen LogP contribution in [-0.4, -0.2) is 64.5 Å². The van der Waals surface area contributed by atoms with Crippen LogP contribution < -0.4 is 15.4 Å². The molecule has 1 saturated heterocycles. The van der Waals surface area contributed by atoms with Gasteiger partial charge in [0.25, 0.3) is 0 Å². The van der Waals surface area contributed by atoms with Gasteiger partial charge in [-0.2, -0.15) is 0 Å². The molecular weight excluding hydrogens is 266 g/mol. The molecule has 0 radical (unpaired) electrons. The van der Waals surface area contributed by atoms with Gasteiger partial charge in [0.2, 0.25) is 0 Å². The molecule has 21 heavy (non-hydrogen) atoms. The summed E-state index contributed by atoms with van der Waals surface area (Å²) < 4.78 is 10.5. The molecule has 0 spiro atoms. The van der Waals surface area contributed by atoms with Gasteiger partial charge in [0.1, 0.15) is 5.75 Å². The van der Waals surface area contributed by atoms with E-state index in [0.717, 1.165) is 44.9 Å². The fraction of sp³-hybridized carbons (Fsp3) is 0.625. The second-order valence-corrected chi connectivity index (χ2v) is 5.41. The van der Waals surface area contributed by atoms with Gasteiger partial charge in [-0.1, -0.05) is 0 Å². The molecule has 118 valence electrons. The highest BCUT2D eigenvalue weighted by atomic mass is 16.5. The zero-order chi connectivity index (χ0) is 15.1. The Bertz CT molecular complexity index is 398.